The van der Waals surface area contributed by atoms with Gasteiger partial charge in [-0.25, -0.2) is 13.1 Å². The quantitative estimate of drug-likeness (QED) is 0.748. The number of benzene rings is 1. The number of sulfonamides is 1. The Morgan fingerprint density at radius 3 is 2.56 bits per heavy atom. The number of nitrogens with one attached hydrogen (secondary N) is 1. The number of hydrogen-bond donors (Lipinski definition) is 1. The summed E-state index contributed by atoms with van der Waals surface area (Å²) in [6, 6.07) is 3.08. The minimum Gasteiger partial charge on any atom is -0.495 e. The molecule has 10 heteroatoms. The Morgan fingerprint density at radius 1 is 1.19 bits per heavy atom. The lowest BCUT2D eigenvalue weighted by Gasteiger charge is -2.24. The Labute approximate surface area is 163 Å². The van der Waals surface area contributed by atoms with Crippen molar-refractivity contribution in [3.63, 3.8) is 0 Å². The molecule has 3 rings (SSSR count). The van der Waals surface area contributed by atoms with Crippen LogP contribution in [0.25, 0.3) is 0 Å². The molecule has 1 aliphatic rings. The van der Waals surface area contributed by atoms with Gasteiger partial charge in [0.25, 0.3) is 0 Å². The zero-order chi connectivity index (χ0) is 19.4. The molecule has 0 atom stereocenters. The van der Waals surface area contributed by atoms with E-state index in [2.05, 4.69) is 14.9 Å². The summed E-state index contributed by atoms with van der Waals surface area (Å²) < 4.78 is 40.5. The maximum absolute atomic E-state index is 12.8. The molecule has 8 nitrogen and oxygen atoms in total. The third-order valence-corrected chi connectivity index (χ3v) is 6.48. The Kier molecular flexibility index (Phi) is 6.23. The fourth-order valence-corrected chi connectivity index (χ4v) is 4.71. The van der Waals surface area contributed by atoms with Gasteiger partial charge in [0.1, 0.15) is 28.5 Å². The zero-order valence-corrected chi connectivity index (χ0v) is 16.9. The highest BCUT2D eigenvalue weighted by atomic mass is 35.5. The van der Waals surface area contributed by atoms with Crippen LogP contribution in [0.2, 0.25) is 5.02 Å². The van der Waals surface area contributed by atoms with Gasteiger partial charge in [0.2, 0.25) is 10.0 Å². The van der Waals surface area contributed by atoms with Gasteiger partial charge in [-0.2, -0.15) is 0 Å². The fourth-order valence-electron chi connectivity index (χ4n) is 3.34. The van der Waals surface area contributed by atoms with E-state index in [1.165, 1.54) is 32.8 Å². The molecule has 1 aromatic heterocycles. The number of hydrogen-bond acceptors (Lipinski definition) is 6. The van der Waals surface area contributed by atoms with Crippen LogP contribution in [0.1, 0.15) is 44.0 Å². The van der Waals surface area contributed by atoms with Gasteiger partial charge in [-0.15, -0.1) is 10.2 Å². The normalized spacial score (nSPS) is 15.7. The van der Waals surface area contributed by atoms with Crippen molar-refractivity contribution in [2.75, 3.05) is 14.2 Å². The van der Waals surface area contributed by atoms with Gasteiger partial charge in [-0.3, -0.25) is 0 Å². The molecule has 1 saturated carbocycles. The van der Waals surface area contributed by atoms with E-state index in [0.717, 1.165) is 25.7 Å². The summed E-state index contributed by atoms with van der Waals surface area (Å²) in [4.78, 5) is -0.0463. The Morgan fingerprint density at radius 2 is 1.89 bits per heavy atom. The first-order valence-electron chi connectivity index (χ1n) is 8.76. The average Bonchev–Trinajstić information content (AvgIpc) is 3.15. The summed E-state index contributed by atoms with van der Waals surface area (Å²) in [5, 5.41) is 8.32. The molecular formula is C17H23ClN4O4S. The van der Waals surface area contributed by atoms with Gasteiger partial charge in [-0.1, -0.05) is 30.9 Å². The predicted molar refractivity (Wildman–Crippen MR) is 101 cm³/mol. The second-order valence-corrected chi connectivity index (χ2v) is 8.55. The van der Waals surface area contributed by atoms with E-state index in [1.54, 1.807) is 6.33 Å². The molecule has 27 heavy (non-hydrogen) atoms. The summed E-state index contributed by atoms with van der Waals surface area (Å²) in [6.07, 6.45) is 7.34. The minimum atomic E-state index is -3.87. The Balaban J connectivity index is 1.81. The number of aromatic nitrogens is 3. The zero-order valence-electron chi connectivity index (χ0n) is 15.3. The van der Waals surface area contributed by atoms with E-state index < -0.39 is 10.0 Å². The van der Waals surface area contributed by atoms with Gasteiger partial charge in [0, 0.05) is 18.2 Å². The number of nitrogens with zero attached hydrogens (tertiary/aromatic N) is 3. The summed E-state index contributed by atoms with van der Waals surface area (Å²) in [5.74, 6) is 0.982. The van der Waals surface area contributed by atoms with Gasteiger partial charge in [0.15, 0.2) is 0 Å². The second kappa shape index (κ2) is 8.45. The summed E-state index contributed by atoms with van der Waals surface area (Å²) in [6.45, 7) is 0.0347. The van der Waals surface area contributed by atoms with Crippen LogP contribution in [0, 0.1) is 0 Å². The molecule has 148 valence electrons. The van der Waals surface area contributed by atoms with Crippen LogP contribution in [-0.4, -0.2) is 37.4 Å². The molecule has 0 spiro atoms. The fraction of sp³-hybridized carbons (Fsp3) is 0.529. The van der Waals surface area contributed by atoms with Crippen molar-refractivity contribution in [3.8, 4) is 11.5 Å². The van der Waals surface area contributed by atoms with Crippen LogP contribution < -0.4 is 14.2 Å². The number of rotatable bonds is 7. The maximum Gasteiger partial charge on any atom is 0.244 e. The minimum absolute atomic E-state index is 0.0347. The third kappa shape index (κ3) is 4.36. The van der Waals surface area contributed by atoms with E-state index in [1.807, 2.05) is 4.57 Å². The molecule has 1 heterocycles. The Hall–Kier alpha value is -1.84. The van der Waals surface area contributed by atoms with Gasteiger partial charge >= 0.3 is 0 Å². The molecule has 0 radical (unpaired) electrons. The number of methoxy groups -OCH3 is 2. The van der Waals surface area contributed by atoms with E-state index in [0.29, 0.717) is 11.9 Å². The number of halogens is 1. The standard InChI is InChI=1S/C17H23ClN4O4S/c1-25-14-9-16(15(26-2)8-13(14)18)27(23,24)20-10-17-21-19-11-22(17)12-6-4-3-5-7-12/h8-9,11-12,20H,3-7,10H2,1-2H3. The lowest BCUT2D eigenvalue weighted by molar-refractivity contribution is 0.344. The smallest absolute Gasteiger partial charge is 0.244 e. The van der Waals surface area contributed by atoms with Crippen LogP contribution >= 0.6 is 11.6 Å². The van der Waals surface area contributed by atoms with Crippen molar-refractivity contribution in [2.24, 2.45) is 0 Å². The van der Waals surface area contributed by atoms with Crippen molar-refractivity contribution >= 4 is 21.6 Å². The lowest BCUT2D eigenvalue weighted by Crippen LogP contribution is -2.26. The predicted octanol–water partition coefficient (Wildman–Crippen LogP) is 2.93. The van der Waals surface area contributed by atoms with Crippen LogP contribution in [0.4, 0.5) is 0 Å². The van der Waals surface area contributed by atoms with Crippen molar-refractivity contribution < 1.29 is 17.9 Å². The first-order chi connectivity index (χ1) is 13.0. The van der Waals surface area contributed by atoms with Crippen LogP contribution in [0.5, 0.6) is 11.5 Å². The van der Waals surface area contributed by atoms with Gasteiger partial charge in [0.05, 0.1) is 25.8 Å². The van der Waals surface area contributed by atoms with E-state index in [9.17, 15) is 8.42 Å². The lowest BCUT2D eigenvalue weighted by atomic mass is 9.95. The van der Waals surface area contributed by atoms with Crippen molar-refractivity contribution in [3.05, 3.63) is 29.3 Å². The molecule has 1 aliphatic carbocycles. The van der Waals surface area contributed by atoms with E-state index >= 15 is 0 Å². The molecule has 0 unspecified atom stereocenters. The van der Waals surface area contributed by atoms with Crippen LogP contribution in [-0.2, 0) is 16.6 Å². The molecule has 1 aromatic carbocycles. The first-order valence-corrected chi connectivity index (χ1v) is 10.6. The third-order valence-electron chi connectivity index (χ3n) is 4.76. The average molecular weight is 415 g/mol. The van der Waals surface area contributed by atoms with Crippen LogP contribution in [0.3, 0.4) is 0 Å². The SMILES string of the molecule is COc1cc(S(=O)(=O)NCc2nncn2C2CCCCC2)c(OC)cc1Cl. The summed E-state index contributed by atoms with van der Waals surface area (Å²) in [7, 11) is -1.06. The summed E-state index contributed by atoms with van der Waals surface area (Å²) >= 11 is 6.05. The van der Waals surface area contributed by atoms with E-state index in [4.69, 9.17) is 21.1 Å². The first kappa shape index (κ1) is 19.9. The van der Waals surface area contributed by atoms with Gasteiger partial charge in [-0.05, 0) is 12.8 Å². The molecule has 1 fully saturated rings. The van der Waals surface area contributed by atoms with Crippen molar-refractivity contribution in [1.82, 2.24) is 19.5 Å². The van der Waals surface area contributed by atoms with Crippen LogP contribution in [0.15, 0.2) is 23.4 Å². The topological polar surface area (TPSA) is 95.3 Å². The molecule has 0 bridgehead atoms. The summed E-state index contributed by atoms with van der Waals surface area (Å²) in [5.41, 5.74) is 0. The Bertz CT molecular complexity index is 894. The molecule has 2 aromatic rings. The van der Waals surface area contributed by atoms with Gasteiger partial charge < -0.3 is 14.0 Å². The highest BCUT2D eigenvalue weighted by Gasteiger charge is 2.24. The molecule has 0 amide bonds. The number of ether oxygens (including phenoxy) is 2. The van der Waals surface area contributed by atoms with E-state index in [-0.39, 0.29) is 28.0 Å². The maximum atomic E-state index is 12.8. The van der Waals surface area contributed by atoms with Crippen molar-refractivity contribution in [1.29, 1.82) is 0 Å². The monoisotopic (exact) mass is 414 g/mol. The molecule has 0 saturated heterocycles. The highest BCUT2D eigenvalue weighted by molar-refractivity contribution is 7.89. The largest absolute Gasteiger partial charge is 0.495 e. The van der Waals surface area contributed by atoms with Crippen molar-refractivity contribution in [2.45, 2.75) is 49.6 Å². The second-order valence-electron chi connectivity index (χ2n) is 6.41. The molecular weight excluding hydrogens is 392 g/mol. The molecule has 0 aliphatic heterocycles. The molecule has 1 N–H and O–H groups in total. The highest BCUT2D eigenvalue weighted by Crippen LogP contribution is 2.35.